The maximum absolute atomic E-state index is 12.3. The van der Waals surface area contributed by atoms with Gasteiger partial charge in [-0.05, 0) is 51.2 Å². The van der Waals surface area contributed by atoms with Crippen molar-refractivity contribution < 1.29 is 44.7 Å². The highest BCUT2D eigenvalue weighted by atomic mass is 16.6. The highest BCUT2D eigenvalue weighted by molar-refractivity contribution is 5.83. The Labute approximate surface area is 221 Å². The largest absolute Gasteiger partial charge is 0.479 e. The molecule has 0 aliphatic carbocycles. The average Bonchev–Trinajstić information content (AvgIpc) is 2.83. The van der Waals surface area contributed by atoms with Crippen molar-refractivity contribution in [1.82, 2.24) is 5.32 Å². The second kappa shape index (κ2) is 15.7. The summed E-state index contributed by atoms with van der Waals surface area (Å²) in [4.78, 5) is 31.8. The van der Waals surface area contributed by atoms with Crippen LogP contribution in [0.2, 0.25) is 0 Å². The van der Waals surface area contributed by atoms with E-state index in [0.29, 0.717) is 19.3 Å². The maximum atomic E-state index is 12.3. The third-order valence-corrected chi connectivity index (χ3v) is 5.19. The Bertz CT molecular complexity index is 979. The van der Waals surface area contributed by atoms with Crippen LogP contribution in [0.5, 0.6) is 0 Å². The predicted molar refractivity (Wildman–Crippen MR) is 139 cm³/mol. The van der Waals surface area contributed by atoms with E-state index >= 15 is 0 Å². The quantitative estimate of drug-likeness (QED) is 0.220. The van der Waals surface area contributed by atoms with Crippen molar-refractivity contribution in [3.63, 3.8) is 0 Å². The van der Waals surface area contributed by atoms with Gasteiger partial charge in [0, 0.05) is 12.1 Å². The van der Waals surface area contributed by atoms with Crippen LogP contribution in [0.3, 0.4) is 0 Å². The number of aliphatic hydroxyl groups excluding tert-OH is 3. The van der Waals surface area contributed by atoms with Gasteiger partial charge in [-0.15, -0.1) is 0 Å². The van der Waals surface area contributed by atoms with E-state index in [4.69, 9.17) is 30.9 Å². The lowest BCUT2D eigenvalue weighted by atomic mass is 9.94. The number of carboxylic acids is 2. The smallest absolute Gasteiger partial charge is 0.407 e. The monoisotopic (exact) mass is 534 g/mol. The number of carbonyl (C=O) groups excluding carboxylic acids is 1. The lowest BCUT2D eigenvalue weighted by Crippen LogP contribution is -2.46. The molecule has 0 aliphatic rings. The number of ether oxygens (including phenoxy) is 1. The first kappa shape index (κ1) is 32.5. The molecule has 0 spiro atoms. The molecule has 0 aromatic heterocycles. The highest BCUT2D eigenvalue weighted by Gasteiger charge is 2.29. The fourth-order valence-electron chi connectivity index (χ4n) is 3.32. The van der Waals surface area contributed by atoms with Crippen molar-refractivity contribution in [2.24, 2.45) is 5.73 Å². The fraction of sp³-hybridized carbons (Fsp3) is 0.444. The summed E-state index contributed by atoms with van der Waals surface area (Å²) in [6, 6.07) is 19.0. The second-order valence-electron chi connectivity index (χ2n) is 9.76. The molecule has 11 nitrogen and oxygen atoms in total. The van der Waals surface area contributed by atoms with Crippen molar-refractivity contribution in [3.8, 4) is 0 Å². The molecule has 2 aromatic carbocycles. The van der Waals surface area contributed by atoms with E-state index in [1.165, 1.54) is 0 Å². The molecule has 11 heteroatoms. The molecule has 0 bridgehead atoms. The fourth-order valence-corrected chi connectivity index (χ4v) is 3.32. The first-order valence-electron chi connectivity index (χ1n) is 12.0. The lowest BCUT2D eigenvalue weighted by Gasteiger charge is -2.27. The van der Waals surface area contributed by atoms with Crippen molar-refractivity contribution in [2.75, 3.05) is 0 Å². The summed E-state index contributed by atoms with van der Waals surface area (Å²) in [6.07, 6.45) is -4.25. The number of benzene rings is 2. The standard InChI is InChI=1S/C23H32N2O3.C4H6O6/c1-23(2,3)28-22(27)25-19(14-17-10-6-4-7-11-17)16-21(26)20(24)15-18-12-8-5-9-13-18;5-1(3(7)8)2(6)4(9)10/h4-13,19-21,26H,14-16,24H2,1-3H3,(H,25,27);1-2,5-6H,(H,7,8)(H,9,10)/t19-,20-,21-;1-,2-/m00/s1. The van der Waals surface area contributed by atoms with Crippen LogP contribution in [-0.4, -0.2) is 79.6 Å². The van der Waals surface area contributed by atoms with Gasteiger partial charge in [-0.3, -0.25) is 0 Å². The minimum absolute atomic E-state index is 0.283. The van der Waals surface area contributed by atoms with Crippen LogP contribution in [0.4, 0.5) is 4.79 Å². The van der Waals surface area contributed by atoms with Gasteiger partial charge in [0.1, 0.15) is 5.60 Å². The minimum atomic E-state index is -2.27. The Kier molecular flexibility index (Phi) is 13.4. The molecule has 1 amide bonds. The number of rotatable bonds is 11. The number of aliphatic hydroxyl groups is 3. The van der Waals surface area contributed by atoms with Crippen LogP contribution in [0.15, 0.2) is 60.7 Å². The van der Waals surface area contributed by atoms with Crippen molar-refractivity contribution in [3.05, 3.63) is 71.8 Å². The lowest BCUT2D eigenvalue weighted by molar-refractivity contribution is -0.165. The summed E-state index contributed by atoms with van der Waals surface area (Å²) in [5.41, 5.74) is 7.80. The molecule has 38 heavy (non-hydrogen) atoms. The number of aliphatic carboxylic acids is 2. The molecule has 0 unspecified atom stereocenters. The number of hydrogen-bond acceptors (Lipinski definition) is 8. The molecule has 2 aromatic rings. The molecular formula is C27H38N2O9. The Morgan fingerprint density at radius 3 is 1.63 bits per heavy atom. The number of nitrogens with two attached hydrogens (primary N) is 1. The normalized spacial score (nSPS) is 15.0. The zero-order chi connectivity index (χ0) is 28.9. The van der Waals surface area contributed by atoms with Crippen LogP contribution < -0.4 is 11.1 Å². The molecule has 0 radical (unpaired) electrons. The van der Waals surface area contributed by atoms with Gasteiger partial charge in [0.2, 0.25) is 0 Å². The van der Waals surface area contributed by atoms with Gasteiger partial charge in [0.05, 0.1) is 6.10 Å². The first-order chi connectivity index (χ1) is 17.7. The van der Waals surface area contributed by atoms with E-state index in [1.807, 2.05) is 81.4 Å². The zero-order valence-electron chi connectivity index (χ0n) is 21.7. The van der Waals surface area contributed by atoms with Gasteiger partial charge in [-0.1, -0.05) is 60.7 Å². The van der Waals surface area contributed by atoms with Crippen LogP contribution in [0.25, 0.3) is 0 Å². The van der Waals surface area contributed by atoms with Gasteiger partial charge in [0.25, 0.3) is 0 Å². The third kappa shape index (κ3) is 13.2. The summed E-state index contributed by atoms with van der Waals surface area (Å²) in [6.45, 7) is 5.47. The highest BCUT2D eigenvalue weighted by Crippen LogP contribution is 2.14. The maximum Gasteiger partial charge on any atom is 0.407 e. The third-order valence-electron chi connectivity index (χ3n) is 5.19. The Morgan fingerprint density at radius 1 is 0.816 bits per heavy atom. The molecule has 8 N–H and O–H groups in total. The molecule has 210 valence electrons. The summed E-state index contributed by atoms with van der Waals surface area (Å²) < 4.78 is 5.38. The summed E-state index contributed by atoms with van der Waals surface area (Å²) >= 11 is 0. The van der Waals surface area contributed by atoms with E-state index in [-0.39, 0.29) is 6.04 Å². The van der Waals surface area contributed by atoms with Gasteiger partial charge in [-0.25, -0.2) is 14.4 Å². The van der Waals surface area contributed by atoms with Gasteiger partial charge in [-0.2, -0.15) is 0 Å². The first-order valence-corrected chi connectivity index (χ1v) is 12.0. The molecule has 0 heterocycles. The summed E-state index contributed by atoms with van der Waals surface area (Å²) in [5, 5.41) is 46.1. The number of carbonyl (C=O) groups is 3. The van der Waals surface area contributed by atoms with E-state index in [9.17, 15) is 19.5 Å². The molecular weight excluding hydrogens is 496 g/mol. The molecule has 5 atom stereocenters. The van der Waals surface area contributed by atoms with E-state index in [1.54, 1.807) is 0 Å². The SMILES string of the molecule is CC(C)(C)OC(=O)N[C@@H](Cc1ccccc1)C[C@H](O)[C@@H](N)Cc1ccccc1.O=C(O)[C@@H](O)[C@H](O)C(=O)O. The molecule has 0 saturated heterocycles. The minimum Gasteiger partial charge on any atom is -0.479 e. The van der Waals surface area contributed by atoms with Crippen LogP contribution in [-0.2, 0) is 27.2 Å². The number of amides is 1. The molecule has 2 rings (SSSR count). The van der Waals surface area contributed by atoms with Gasteiger partial charge < -0.3 is 41.3 Å². The average molecular weight is 535 g/mol. The Morgan fingerprint density at radius 2 is 1.24 bits per heavy atom. The van der Waals surface area contributed by atoms with Crippen LogP contribution in [0, 0.1) is 0 Å². The summed E-state index contributed by atoms with van der Waals surface area (Å²) in [7, 11) is 0. The van der Waals surface area contributed by atoms with Crippen molar-refractivity contribution in [1.29, 1.82) is 0 Å². The van der Waals surface area contributed by atoms with Crippen LogP contribution >= 0.6 is 0 Å². The number of nitrogens with one attached hydrogen (secondary N) is 1. The van der Waals surface area contributed by atoms with Gasteiger partial charge in [0.15, 0.2) is 12.2 Å². The predicted octanol–water partition coefficient (Wildman–Crippen LogP) is 1.32. The number of carboxylic acid groups (broad SMARTS) is 2. The molecule has 0 saturated carbocycles. The zero-order valence-corrected chi connectivity index (χ0v) is 21.7. The van der Waals surface area contributed by atoms with Crippen molar-refractivity contribution in [2.45, 2.75) is 76.0 Å². The van der Waals surface area contributed by atoms with E-state index in [2.05, 4.69) is 5.32 Å². The second-order valence-corrected chi connectivity index (χ2v) is 9.76. The Balaban J connectivity index is 0.000000612. The van der Waals surface area contributed by atoms with Gasteiger partial charge >= 0.3 is 18.0 Å². The number of alkyl carbamates (subject to hydrolysis) is 1. The Hall–Kier alpha value is -3.51. The molecule has 0 fully saturated rings. The summed E-state index contributed by atoms with van der Waals surface area (Å²) in [5.74, 6) is -3.54. The van der Waals surface area contributed by atoms with E-state index in [0.717, 1.165) is 11.1 Å². The topological polar surface area (TPSA) is 200 Å². The van der Waals surface area contributed by atoms with Crippen molar-refractivity contribution >= 4 is 18.0 Å². The van der Waals surface area contributed by atoms with E-state index < -0.39 is 48.0 Å². The number of hydrogen-bond donors (Lipinski definition) is 7. The van der Waals surface area contributed by atoms with Crippen LogP contribution in [0.1, 0.15) is 38.3 Å². The molecule has 0 aliphatic heterocycles.